The number of amides is 1. The molecule has 0 saturated heterocycles. The zero-order valence-corrected chi connectivity index (χ0v) is 11.0. The van der Waals surface area contributed by atoms with Crippen molar-refractivity contribution < 1.29 is 9.18 Å². The number of benzene rings is 1. The molecule has 1 N–H and O–H groups in total. The van der Waals surface area contributed by atoms with Crippen molar-refractivity contribution in [3.63, 3.8) is 0 Å². The van der Waals surface area contributed by atoms with Crippen LogP contribution in [0, 0.1) is 12.7 Å². The van der Waals surface area contributed by atoms with Crippen molar-refractivity contribution in [1.82, 2.24) is 9.78 Å². The van der Waals surface area contributed by atoms with E-state index in [9.17, 15) is 9.18 Å². The third kappa shape index (κ3) is 3.19. The third-order valence-corrected chi connectivity index (χ3v) is 2.76. The van der Waals surface area contributed by atoms with Gasteiger partial charge in [0, 0.05) is 18.4 Å². The molecule has 0 saturated carbocycles. The van der Waals surface area contributed by atoms with Crippen LogP contribution in [0.5, 0.6) is 0 Å². The van der Waals surface area contributed by atoms with Crippen LogP contribution in [0.15, 0.2) is 30.5 Å². The van der Waals surface area contributed by atoms with Gasteiger partial charge >= 0.3 is 0 Å². The number of aryl methyl sites for hydroxylation is 2. The van der Waals surface area contributed by atoms with Crippen LogP contribution in [-0.2, 0) is 6.54 Å². The molecule has 1 amide bonds. The van der Waals surface area contributed by atoms with E-state index in [2.05, 4.69) is 10.4 Å². The Morgan fingerprint density at radius 2 is 2.21 bits per heavy atom. The average Bonchev–Trinajstić information content (AvgIpc) is 2.83. The van der Waals surface area contributed by atoms with Gasteiger partial charge in [-0.2, -0.15) is 5.10 Å². The second kappa shape index (κ2) is 5.65. The number of rotatable bonds is 4. The van der Waals surface area contributed by atoms with E-state index in [0.29, 0.717) is 16.9 Å². The Labute approximate surface area is 111 Å². The van der Waals surface area contributed by atoms with E-state index in [4.69, 9.17) is 0 Å². The number of anilines is 1. The molecule has 0 aliphatic carbocycles. The van der Waals surface area contributed by atoms with Crippen molar-refractivity contribution >= 4 is 11.6 Å². The Kier molecular flexibility index (Phi) is 3.94. The van der Waals surface area contributed by atoms with Gasteiger partial charge in [-0.1, -0.05) is 13.0 Å². The molecule has 0 unspecified atom stereocenters. The first kappa shape index (κ1) is 13.3. The zero-order chi connectivity index (χ0) is 13.8. The van der Waals surface area contributed by atoms with Gasteiger partial charge in [-0.15, -0.1) is 0 Å². The normalized spacial score (nSPS) is 10.5. The van der Waals surface area contributed by atoms with E-state index in [1.54, 1.807) is 36.0 Å². The van der Waals surface area contributed by atoms with Gasteiger partial charge in [0.25, 0.3) is 5.91 Å². The largest absolute Gasteiger partial charge is 0.320 e. The highest BCUT2D eigenvalue weighted by molar-refractivity contribution is 6.02. The van der Waals surface area contributed by atoms with Crippen LogP contribution >= 0.6 is 0 Å². The lowest BCUT2D eigenvalue weighted by Crippen LogP contribution is -2.13. The average molecular weight is 261 g/mol. The molecule has 1 aromatic heterocycles. The molecule has 2 rings (SSSR count). The smallest absolute Gasteiger partial charge is 0.276 e. The Balaban J connectivity index is 2.09. The summed E-state index contributed by atoms with van der Waals surface area (Å²) in [5.74, 6) is -0.674. The first-order valence-electron chi connectivity index (χ1n) is 6.21. The van der Waals surface area contributed by atoms with Gasteiger partial charge in [-0.05, 0) is 37.1 Å². The molecule has 0 bridgehead atoms. The topological polar surface area (TPSA) is 46.9 Å². The van der Waals surface area contributed by atoms with Gasteiger partial charge in [0.2, 0.25) is 0 Å². The molecular formula is C14H16FN3O. The highest BCUT2D eigenvalue weighted by Gasteiger charge is 2.10. The molecule has 0 radical (unpaired) electrons. The van der Waals surface area contributed by atoms with Gasteiger partial charge in [-0.25, -0.2) is 4.39 Å². The molecule has 100 valence electrons. The standard InChI is InChI=1S/C14H16FN3O/c1-3-7-18-8-6-13(17-18)14(19)16-11-5-4-10(2)12(15)9-11/h4-6,8-9H,3,7H2,1-2H3,(H,16,19). The van der Waals surface area contributed by atoms with Crippen molar-refractivity contribution in [3.8, 4) is 0 Å². The van der Waals surface area contributed by atoms with E-state index in [-0.39, 0.29) is 11.7 Å². The summed E-state index contributed by atoms with van der Waals surface area (Å²) in [6, 6.07) is 6.24. The second-order valence-corrected chi connectivity index (χ2v) is 4.38. The number of carbonyl (C=O) groups excluding carboxylic acids is 1. The van der Waals surface area contributed by atoms with Crippen LogP contribution in [0.1, 0.15) is 29.4 Å². The van der Waals surface area contributed by atoms with E-state index in [1.807, 2.05) is 6.92 Å². The van der Waals surface area contributed by atoms with Gasteiger partial charge in [-0.3, -0.25) is 9.48 Å². The lowest BCUT2D eigenvalue weighted by atomic mass is 10.2. The minimum absolute atomic E-state index is 0.328. The second-order valence-electron chi connectivity index (χ2n) is 4.38. The van der Waals surface area contributed by atoms with E-state index in [1.165, 1.54) is 6.07 Å². The summed E-state index contributed by atoms with van der Waals surface area (Å²) >= 11 is 0. The van der Waals surface area contributed by atoms with Gasteiger partial charge in [0.05, 0.1) is 0 Å². The maximum atomic E-state index is 13.4. The molecule has 0 fully saturated rings. The Bertz CT molecular complexity index is 592. The van der Waals surface area contributed by atoms with Crippen molar-refractivity contribution in [3.05, 3.63) is 47.5 Å². The van der Waals surface area contributed by atoms with Crippen LogP contribution < -0.4 is 5.32 Å². The van der Waals surface area contributed by atoms with Crippen molar-refractivity contribution in [1.29, 1.82) is 0 Å². The minimum Gasteiger partial charge on any atom is -0.320 e. The molecule has 0 aliphatic rings. The molecule has 19 heavy (non-hydrogen) atoms. The summed E-state index contributed by atoms with van der Waals surface area (Å²) in [4.78, 5) is 11.9. The fourth-order valence-corrected chi connectivity index (χ4v) is 1.70. The van der Waals surface area contributed by atoms with Crippen LogP contribution in [0.25, 0.3) is 0 Å². The van der Waals surface area contributed by atoms with Crippen LogP contribution in [-0.4, -0.2) is 15.7 Å². The van der Waals surface area contributed by atoms with Crippen molar-refractivity contribution in [2.75, 3.05) is 5.32 Å². The minimum atomic E-state index is -0.339. The lowest BCUT2D eigenvalue weighted by Gasteiger charge is -2.04. The Hall–Kier alpha value is -2.17. The highest BCUT2D eigenvalue weighted by Crippen LogP contribution is 2.14. The number of nitrogens with zero attached hydrogens (tertiary/aromatic N) is 2. The maximum Gasteiger partial charge on any atom is 0.276 e. The van der Waals surface area contributed by atoms with Gasteiger partial charge < -0.3 is 5.32 Å². The molecular weight excluding hydrogens is 245 g/mol. The van der Waals surface area contributed by atoms with Crippen LogP contribution in [0.3, 0.4) is 0 Å². The Morgan fingerprint density at radius 1 is 1.42 bits per heavy atom. The van der Waals surface area contributed by atoms with E-state index in [0.717, 1.165) is 13.0 Å². The van der Waals surface area contributed by atoms with E-state index < -0.39 is 0 Å². The van der Waals surface area contributed by atoms with Crippen LogP contribution in [0.2, 0.25) is 0 Å². The third-order valence-electron chi connectivity index (χ3n) is 2.76. The molecule has 2 aromatic rings. The summed E-state index contributed by atoms with van der Waals surface area (Å²) in [7, 11) is 0. The summed E-state index contributed by atoms with van der Waals surface area (Å²) in [6.07, 6.45) is 2.71. The predicted octanol–water partition coefficient (Wildman–Crippen LogP) is 2.99. The van der Waals surface area contributed by atoms with Crippen molar-refractivity contribution in [2.45, 2.75) is 26.8 Å². The quantitative estimate of drug-likeness (QED) is 0.919. The summed E-state index contributed by atoms with van der Waals surface area (Å²) in [5, 5.41) is 6.77. The first-order valence-corrected chi connectivity index (χ1v) is 6.21. The summed E-state index contributed by atoms with van der Waals surface area (Å²) in [6.45, 7) is 4.48. The molecule has 4 nitrogen and oxygen atoms in total. The van der Waals surface area contributed by atoms with Crippen LogP contribution in [0.4, 0.5) is 10.1 Å². The molecule has 0 atom stereocenters. The number of aromatic nitrogens is 2. The molecule has 5 heteroatoms. The number of halogens is 1. The predicted molar refractivity (Wildman–Crippen MR) is 71.6 cm³/mol. The molecule has 1 aromatic carbocycles. The van der Waals surface area contributed by atoms with Crippen molar-refractivity contribution in [2.24, 2.45) is 0 Å². The molecule has 0 spiro atoms. The maximum absolute atomic E-state index is 13.4. The molecule has 0 aliphatic heterocycles. The number of hydrogen-bond acceptors (Lipinski definition) is 2. The SMILES string of the molecule is CCCn1ccc(C(=O)Nc2ccc(C)c(F)c2)n1. The fraction of sp³-hybridized carbons (Fsp3) is 0.286. The van der Waals surface area contributed by atoms with E-state index >= 15 is 0 Å². The monoisotopic (exact) mass is 261 g/mol. The first-order chi connectivity index (χ1) is 9.10. The summed E-state index contributed by atoms with van der Waals surface area (Å²) in [5.41, 5.74) is 1.30. The number of nitrogens with one attached hydrogen (secondary N) is 1. The Morgan fingerprint density at radius 3 is 2.89 bits per heavy atom. The summed E-state index contributed by atoms with van der Waals surface area (Å²) < 4.78 is 15.1. The lowest BCUT2D eigenvalue weighted by molar-refractivity contribution is 0.102. The fourth-order valence-electron chi connectivity index (χ4n) is 1.70. The molecule has 1 heterocycles. The van der Waals surface area contributed by atoms with Gasteiger partial charge in [0.15, 0.2) is 5.69 Å². The highest BCUT2D eigenvalue weighted by atomic mass is 19.1. The number of carbonyl (C=O) groups is 1. The number of hydrogen-bond donors (Lipinski definition) is 1. The van der Waals surface area contributed by atoms with Gasteiger partial charge in [0.1, 0.15) is 5.82 Å². The zero-order valence-electron chi connectivity index (χ0n) is 11.0.